The van der Waals surface area contributed by atoms with Gasteiger partial charge >= 0.3 is 0 Å². The molecule has 1 saturated carbocycles. The van der Waals surface area contributed by atoms with Crippen LogP contribution in [0.5, 0.6) is 0 Å². The molecule has 1 aliphatic carbocycles. The zero-order chi connectivity index (χ0) is 15.7. The second kappa shape index (κ2) is 5.99. The summed E-state index contributed by atoms with van der Waals surface area (Å²) in [6, 6.07) is 3.90. The van der Waals surface area contributed by atoms with Crippen LogP contribution in [-0.4, -0.2) is 29.8 Å². The minimum absolute atomic E-state index is 0.0411. The molecular formula is C17H22N2O3. The number of amides is 2. The Labute approximate surface area is 130 Å². The van der Waals surface area contributed by atoms with Crippen molar-refractivity contribution >= 4 is 17.9 Å². The average Bonchev–Trinajstić information content (AvgIpc) is 3.06. The van der Waals surface area contributed by atoms with Crippen molar-refractivity contribution < 1.29 is 14.0 Å². The van der Waals surface area contributed by atoms with Crippen LogP contribution in [0.4, 0.5) is 0 Å². The number of rotatable bonds is 4. The van der Waals surface area contributed by atoms with Crippen LogP contribution in [0.25, 0.3) is 6.08 Å². The number of nitrogens with two attached hydrogens (primary N) is 1. The minimum Gasteiger partial charge on any atom is -0.461 e. The van der Waals surface area contributed by atoms with E-state index in [0.29, 0.717) is 37.8 Å². The largest absolute Gasteiger partial charge is 0.461 e. The molecule has 0 bridgehead atoms. The Hall–Kier alpha value is -2.04. The van der Waals surface area contributed by atoms with E-state index in [1.54, 1.807) is 17.1 Å². The zero-order valence-electron chi connectivity index (χ0n) is 12.8. The first kappa shape index (κ1) is 14.9. The molecule has 0 unspecified atom stereocenters. The molecule has 118 valence electrons. The zero-order valence-corrected chi connectivity index (χ0v) is 12.8. The standard InChI is InChI=1S/C17H22N2O3/c1-11-10-14(11)15-4-2-13(22-15)3-5-16(20)19-8-6-12(7-9-19)17(18)21/h2-5,11-12,14H,6-10H2,1H3,(H2,18,21)/b5-3-/t11-,14+/m1/s1. The molecule has 5 nitrogen and oxygen atoms in total. The molecule has 2 atom stereocenters. The van der Waals surface area contributed by atoms with Gasteiger partial charge in [-0.05, 0) is 43.4 Å². The number of carbonyl (C=O) groups excluding carboxylic acids is 2. The van der Waals surface area contributed by atoms with Gasteiger partial charge in [0.1, 0.15) is 11.5 Å². The van der Waals surface area contributed by atoms with E-state index in [-0.39, 0.29) is 17.7 Å². The van der Waals surface area contributed by atoms with Gasteiger partial charge in [0.2, 0.25) is 11.8 Å². The Balaban J connectivity index is 1.53. The van der Waals surface area contributed by atoms with Crippen LogP contribution in [-0.2, 0) is 9.59 Å². The van der Waals surface area contributed by atoms with Crippen molar-refractivity contribution in [1.29, 1.82) is 0 Å². The normalized spacial score (nSPS) is 25.6. The summed E-state index contributed by atoms with van der Waals surface area (Å²) in [5.74, 6) is 2.58. The Morgan fingerprint density at radius 3 is 2.59 bits per heavy atom. The fourth-order valence-electron chi connectivity index (χ4n) is 3.02. The van der Waals surface area contributed by atoms with E-state index in [4.69, 9.17) is 10.2 Å². The lowest BCUT2D eigenvalue weighted by molar-refractivity contribution is -0.130. The van der Waals surface area contributed by atoms with Crippen LogP contribution in [0.15, 0.2) is 22.6 Å². The highest BCUT2D eigenvalue weighted by atomic mass is 16.3. The van der Waals surface area contributed by atoms with Crippen LogP contribution < -0.4 is 5.73 Å². The molecule has 0 spiro atoms. The van der Waals surface area contributed by atoms with Crippen molar-refractivity contribution in [3.8, 4) is 0 Å². The van der Waals surface area contributed by atoms with E-state index in [1.807, 2.05) is 12.1 Å². The molecule has 2 N–H and O–H groups in total. The minimum atomic E-state index is -0.264. The van der Waals surface area contributed by atoms with Gasteiger partial charge in [0.25, 0.3) is 0 Å². The number of hydrogen-bond donors (Lipinski definition) is 1. The van der Waals surface area contributed by atoms with Crippen LogP contribution in [0, 0.1) is 11.8 Å². The van der Waals surface area contributed by atoms with Gasteiger partial charge < -0.3 is 15.1 Å². The lowest BCUT2D eigenvalue weighted by Gasteiger charge is -2.29. The van der Waals surface area contributed by atoms with Crippen LogP contribution in [0.3, 0.4) is 0 Å². The molecule has 2 heterocycles. The summed E-state index contributed by atoms with van der Waals surface area (Å²) in [5, 5.41) is 0. The highest BCUT2D eigenvalue weighted by Crippen LogP contribution is 2.47. The monoisotopic (exact) mass is 302 g/mol. The first-order valence-corrected chi connectivity index (χ1v) is 7.90. The number of hydrogen-bond acceptors (Lipinski definition) is 3. The summed E-state index contributed by atoms with van der Waals surface area (Å²) >= 11 is 0. The smallest absolute Gasteiger partial charge is 0.246 e. The summed E-state index contributed by atoms with van der Waals surface area (Å²) in [6.45, 7) is 3.38. The number of likely N-dealkylation sites (tertiary alicyclic amines) is 1. The van der Waals surface area contributed by atoms with Crippen molar-refractivity contribution in [3.63, 3.8) is 0 Å². The third kappa shape index (κ3) is 3.24. The summed E-state index contributed by atoms with van der Waals surface area (Å²) in [5.41, 5.74) is 5.30. The molecule has 1 aromatic rings. The van der Waals surface area contributed by atoms with E-state index < -0.39 is 0 Å². The topological polar surface area (TPSA) is 76.5 Å². The van der Waals surface area contributed by atoms with Crippen molar-refractivity contribution in [2.24, 2.45) is 17.6 Å². The first-order valence-electron chi connectivity index (χ1n) is 7.90. The van der Waals surface area contributed by atoms with Crippen LogP contribution in [0.1, 0.15) is 43.6 Å². The summed E-state index contributed by atoms with van der Waals surface area (Å²) in [4.78, 5) is 25.0. The van der Waals surface area contributed by atoms with Gasteiger partial charge in [0, 0.05) is 31.0 Å². The molecule has 0 radical (unpaired) electrons. The second-order valence-corrected chi connectivity index (χ2v) is 6.39. The van der Waals surface area contributed by atoms with Crippen molar-refractivity contribution in [2.45, 2.75) is 32.1 Å². The molecule has 3 rings (SSSR count). The van der Waals surface area contributed by atoms with E-state index in [1.165, 1.54) is 6.42 Å². The molecular weight excluding hydrogens is 280 g/mol. The molecule has 2 fully saturated rings. The molecule has 2 amide bonds. The molecule has 5 heteroatoms. The predicted molar refractivity (Wildman–Crippen MR) is 82.8 cm³/mol. The molecule has 1 saturated heterocycles. The van der Waals surface area contributed by atoms with Gasteiger partial charge in [-0.3, -0.25) is 9.59 Å². The van der Waals surface area contributed by atoms with Gasteiger partial charge in [0.15, 0.2) is 0 Å². The van der Waals surface area contributed by atoms with Crippen molar-refractivity contribution in [3.05, 3.63) is 29.7 Å². The van der Waals surface area contributed by atoms with E-state index in [0.717, 1.165) is 11.5 Å². The second-order valence-electron chi connectivity index (χ2n) is 6.39. The van der Waals surface area contributed by atoms with Crippen LogP contribution in [0.2, 0.25) is 0 Å². The summed E-state index contributed by atoms with van der Waals surface area (Å²) < 4.78 is 5.75. The van der Waals surface area contributed by atoms with Gasteiger partial charge in [-0.2, -0.15) is 0 Å². The van der Waals surface area contributed by atoms with E-state index in [2.05, 4.69) is 6.92 Å². The molecule has 1 aromatic heterocycles. The highest BCUT2D eigenvalue weighted by molar-refractivity contribution is 5.91. The van der Waals surface area contributed by atoms with Gasteiger partial charge in [-0.15, -0.1) is 0 Å². The number of piperidine rings is 1. The van der Waals surface area contributed by atoms with Crippen LogP contribution >= 0.6 is 0 Å². The molecule has 1 aliphatic heterocycles. The molecule has 0 aromatic carbocycles. The molecule has 2 aliphatic rings. The van der Waals surface area contributed by atoms with Crippen molar-refractivity contribution in [2.75, 3.05) is 13.1 Å². The average molecular weight is 302 g/mol. The Morgan fingerprint density at radius 2 is 2.00 bits per heavy atom. The fraction of sp³-hybridized carbons (Fsp3) is 0.529. The Bertz CT molecular complexity index is 597. The first-order chi connectivity index (χ1) is 10.5. The number of furan rings is 1. The van der Waals surface area contributed by atoms with E-state index >= 15 is 0 Å². The number of carbonyl (C=O) groups is 2. The van der Waals surface area contributed by atoms with E-state index in [9.17, 15) is 9.59 Å². The van der Waals surface area contributed by atoms with Gasteiger partial charge in [-0.1, -0.05) is 6.92 Å². The maximum absolute atomic E-state index is 12.1. The quantitative estimate of drug-likeness (QED) is 0.866. The maximum Gasteiger partial charge on any atom is 0.246 e. The third-order valence-electron chi connectivity index (χ3n) is 4.72. The lowest BCUT2D eigenvalue weighted by atomic mass is 9.96. The fourth-order valence-corrected chi connectivity index (χ4v) is 3.02. The summed E-state index contributed by atoms with van der Waals surface area (Å²) in [6.07, 6.45) is 5.76. The maximum atomic E-state index is 12.1. The van der Waals surface area contributed by atoms with Gasteiger partial charge in [0.05, 0.1) is 0 Å². The summed E-state index contributed by atoms with van der Waals surface area (Å²) in [7, 11) is 0. The highest BCUT2D eigenvalue weighted by Gasteiger charge is 2.36. The number of nitrogens with zero attached hydrogens (tertiary/aromatic N) is 1. The molecule has 22 heavy (non-hydrogen) atoms. The SMILES string of the molecule is C[C@@H]1C[C@@H]1c1ccc(/C=C\C(=O)N2CCC(C(N)=O)CC2)o1. The lowest BCUT2D eigenvalue weighted by Crippen LogP contribution is -2.41. The van der Waals surface area contributed by atoms with Crippen molar-refractivity contribution in [1.82, 2.24) is 4.90 Å². The third-order valence-corrected chi connectivity index (χ3v) is 4.72. The predicted octanol–water partition coefficient (Wildman–Crippen LogP) is 2.14. The Kier molecular flexibility index (Phi) is 4.05. The number of primary amides is 1. The Morgan fingerprint density at radius 1 is 1.32 bits per heavy atom. The van der Waals surface area contributed by atoms with Gasteiger partial charge in [-0.25, -0.2) is 0 Å².